The van der Waals surface area contributed by atoms with Gasteiger partial charge in [-0.2, -0.15) is 0 Å². The molecule has 10 atom stereocenters. The van der Waals surface area contributed by atoms with Gasteiger partial charge in [0.1, 0.15) is 0 Å². The Kier molecular flexibility index (Phi) is 5.07. The lowest BCUT2D eigenvalue weighted by Crippen LogP contribution is -2.78. The number of aliphatic hydroxyl groups is 4. The molecule has 0 aromatic carbocycles. The lowest BCUT2D eigenvalue weighted by molar-refractivity contribution is -0.342. The minimum Gasteiger partial charge on any atom is -0.396 e. The molecule has 5 aliphatic carbocycles. The predicted octanol–water partition coefficient (Wildman–Crippen LogP) is 4.07. The lowest BCUT2D eigenvalue weighted by Gasteiger charge is -2.76. The molecule has 4 saturated carbocycles. The van der Waals surface area contributed by atoms with Gasteiger partial charge in [0.05, 0.1) is 37.6 Å². The number of rotatable bonds is 2. The zero-order valence-corrected chi connectivity index (χ0v) is 22.5. The van der Waals surface area contributed by atoms with Crippen molar-refractivity contribution in [1.29, 1.82) is 0 Å². The number of hydrogen-bond acceptors (Lipinski definition) is 5. The number of allylic oxidation sites excluding steroid dienone is 2. The first-order valence-corrected chi connectivity index (χ1v) is 14.2. The summed E-state index contributed by atoms with van der Waals surface area (Å²) in [6.07, 6.45) is 10.8. The Hall–Kier alpha value is -0.460. The molecule has 2 aliphatic heterocycles. The van der Waals surface area contributed by atoms with E-state index in [-0.39, 0.29) is 41.3 Å². The first-order chi connectivity index (χ1) is 16.3. The molecule has 0 aromatic heterocycles. The van der Waals surface area contributed by atoms with Crippen molar-refractivity contribution in [2.45, 2.75) is 104 Å². The van der Waals surface area contributed by atoms with E-state index in [9.17, 15) is 20.4 Å². The van der Waals surface area contributed by atoms with Gasteiger partial charge in [-0.15, -0.1) is 0 Å². The van der Waals surface area contributed by atoms with Crippen molar-refractivity contribution >= 4 is 0 Å². The summed E-state index contributed by atoms with van der Waals surface area (Å²) in [5.74, 6) is 0.473. The summed E-state index contributed by atoms with van der Waals surface area (Å²) >= 11 is 0. The standard InChI is InChI=1S/C30H48O5/c1-24(2)12-13-27(16-31)21(14-24)30(34)11-7-20-26(5,29(30,17-32)15-22(27)33)9-6-19-25(3,4)23-8-10-28(19,20)18-35-23/h6,9,19-23,31-34H,7-8,10-18H2,1-5H3/t19-,20-,21+,22-,23-,26+,27+,28+,29+,30-/m0/s1. The summed E-state index contributed by atoms with van der Waals surface area (Å²) in [5, 5.41) is 46.7. The van der Waals surface area contributed by atoms with Gasteiger partial charge < -0.3 is 25.2 Å². The van der Waals surface area contributed by atoms with Crippen LogP contribution in [0.2, 0.25) is 0 Å². The van der Waals surface area contributed by atoms with Crippen molar-refractivity contribution in [3.8, 4) is 0 Å². The summed E-state index contributed by atoms with van der Waals surface area (Å²) in [7, 11) is 0. The fourth-order valence-corrected chi connectivity index (χ4v) is 11.4. The van der Waals surface area contributed by atoms with Gasteiger partial charge in [0.15, 0.2) is 0 Å². The number of aliphatic hydroxyl groups excluding tert-OH is 3. The molecule has 0 radical (unpaired) electrons. The third kappa shape index (κ3) is 2.63. The molecule has 198 valence electrons. The lowest BCUT2D eigenvalue weighted by atomic mass is 9.30. The summed E-state index contributed by atoms with van der Waals surface area (Å²) in [5.41, 5.74) is -3.04. The molecule has 1 spiro atoms. The predicted molar refractivity (Wildman–Crippen MR) is 134 cm³/mol. The highest BCUT2D eigenvalue weighted by atomic mass is 16.5. The van der Waals surface area contributed by atoms with E-state index >= 15 is 0 Å². The number of hydrogen-bond donors (Lipinski definition) is 4. The van der Waals surface area contributed by atoms with E-state index in [0.717, 1.165) is 45.1 Å². The monoisotopic (exact) mass is 488 g/mol. The van der Waals surface area contributed by atoms with Gasteiger partial charge >= 0.3 is 0 Å². The van der Waals surface area contributed by atoms with Gasteiger partial charge in [0.2, 0.25) is 0 Å². The summed E-state index contributed by atoms with van der Waals surface area (Å²) in [6.45, 7) is 12.0. The van der Waals surface area contributed by atoms with E-state index in [0.29, 0.717) is 24.9 Å². The van der Waals surface area contributed by atoms with Gasteiger partial charge in [-0.1, -0.05) is 46.8 Å². The molecule has 35 heavy (non-hydrogen) atoms. The fourth-order valence-electron chi connectivity index (χ4n) is 11.4. The largest absolute Gasteiger partial charge is 0.396 e. The van der Waals surface area contributed by atoms with Gasteiger partial charge in [0, 0.05) is 16.2 Å². The number of fused-ring (bicyclic) bond motifs is 7. The molecule has 5 nitrogen and oxygen atoms in total. The van der Waals surface area contributed by atoms with Crippen molar-refractivity contribution in [3.63, 3.8) is 0 Å². The second kappa shape index (κ2) is 7.14. The molecule has 0 aromatic rings. The second-order valence-electron chi connectivity index (χ2n) is 15.3. The van der Waals surface area contributed by atoms with Crippen LogP contribution >= 0.6 is 0 Å². The van der Waals surface area contributed by atoms with Crippen LogP contribution < -0.4 is 0 Å². The molecule has 7 rings (SSSR count). The van der Waals surface area contributed by atoms with Crippen molar-refractivity contribution in [1.82, 2.24) is 0 Å². The minimum absolute atomic E-state index is 0.00749. The summed E-state index contributed by atoms with van der Waals surface area (Å²) in [6, 6.07) is 0. The average molecular weight is 489 g/mol. The molecule has 4 N–H and O–H groups in total. The van der Waals surface area contributed by atoms with Gasteiger partial charge in [0.25, 0.3) is 0 Å². The maximum atomic E-state index is 12.9. The topological polar surface area (TPSA) is 90.2 Å². The number of ether oxygens (including phenoxy) is 1. The molecule has 5 heteroatoms. The van der Waals surface area contributed by atoms with E-state index in [4.69, 9.17) is 4.74 Å². The first kappa shape index (κ1) is 24.9. The highest BCUT2D eigenvalue weighted by molar-refractivity contribution is 5.33. The Morgan fingerprint density at radius 1 is 0.886 bits per heavy atom. The van der Waals surface area contributed by atoms with Crippen LogP contribution in [0, 0.1) is 50.2 Å². The molecule has 0 unspecified atom stereocenters. The van der Waals surface area contributed by atoms with Crippen molar-refractivity contribution in [2.75, 3.05) is 19.8 Å². The Balaban J connectivity index is 1.53. The van der Waals surface area contributed by atoms with E-state index in [1.54, 1.807) is 0 Å². The van der Waals surface area contributed by atoms with Crippen LogP contribution in [0.15, 0.2) is 12.2 Å². The zero-order valence-electron chi connectivity index (χ0n) is 22.5. The van der Waals surface area contributed by atoms with Crippen LogP contribution in [-0.2, 0) is 4.74 Å². The van der Waals surface area contributed by atoms with Crippen LogP contribution in [0.4, 0.5) is 0 Å². The maximum absolute atomic E-state index is 12.9. The Labute approximate surface area is 211 Å². The van der Waals surface area contributed by atoms with E-state index in [1.165, 1.54) is 0 Å². The molecular formula is C30H48O5. The van der Waals surface area contributed by atoms with E-state index < -0.39 is 27.9 Å². The minimum atomic E-state index is -1.14. The molecule has 2 saturated heterocycles. The highest BCUT2D eigenvalue weighted by Crippen LogP contribution is 2.77. The Morgan fingerprint density at radius 3 is 2.26 bits per heavy atom. The van der Waals surface area contributed by atoms with Crippen LogP contribution in [0.5, 0.6) is 0 Å². The third-order valence-corrected chi connectivity index (χ3v) is 13.5. The summed E-state index contributed by atoms with van der Waals surface area (Å²) in [4.78, 5) is 0. The molecule has 6 fully saturated rings. The van der Waals surface area contributed by atoms with E-state index in [1.807, 2.05) is 0 Å². The van der Waals surface area contributed by atoms with Gasteiger partial charge in [-0.3, -0.25) is 0 Å². The van der Waals surface area contributed by atoms with E-state index in [2.05, 4.69) is 46.8 Å². The van der Waals surface area contributed by atoms with Crippen molar-refractivity contribution in [3.05, 3.63) is 12.2 Å². The highest BCUT2D eigenvalue weighted by Gasteiger charge is 2.78. The molecular weight excluding hydrogens is 440 g/mol. The molecule has 0 amide bonds. The van der Waals surface area contributed by atoms with Crippen LogP contribution in [0.25, 0.3) is 0 Å². The Morgan fingerprint density at radius 2 is 1.63 bits per heavy atom. The summed E-state index contributed by atoms with van der Waals surface area (Å²) < 4.78 is 6.50. The van der Waals surface area contributed by atoms with Gasteiger partial charge in [-0.25, -0.2) is 0 Å². The van der Waals surface area contributed by atoms with Crippen LogP contribution in [-0.4, -0.2) is 58.1 Å². The zero-order chi connectivity index (χ0) is 25.3. The Bertz CT molecular complexity index is 918. The smallest absolute Gasteiger partial charge is 0.0770 e. The SMILES string of the molecule is CC1(C)CC[C@@]2(CO)[C@@H](C1)[C@@]1(O)CC[C@@H]3[C@]45CC[C@H](OC4)C(C)(C)[C@@H]5C=C[C@@]3(C)[C@]1(CO)C[C@@H]2O. The van der Waals surface area contributed by atoms with Gasteiger partial charge in [-0.05, 0) is 85.4 Å². The molecule has 2 heterocycles. The van der Waals surface area contributed by atoms with Crippen molar-refractivity contribution in [2.24, 2.45) is 50.2 Å². The normalized spacial score (nSPS) is 57.6. The van der Waals surface area contributed by atoms with Crippen LogP contribution in [0.1, 0.15) is 86.0 Å². The fraction of sp³-hybridized carbons (Fsp3) is 0.933. The average Bonchev–Trinajstić information content (AvgIpc) is 2.80. The first-order valence-electron chi connectivity index (χ1n) is 14.2. The van der Waals surface area contributed by atoms with Crippen molar-refractivity contribution < 1.29 is 25.2 Å². The second-order valence-corrected chi connectivity index (χ2v) is 15.3. The maximum Gasteiger partial charge on any atom is 0.0770 e. The molecule has 2 bridgehead atoms. The third-order valence-electron chi connectivity index (χ3n) is 13.5. The molecule has 7 aliphatic rings. The quantitative estimate of drug-likeness (QED) is 0.440. The van der Waals surface area contributed by atoms with Crippen LogP contribution in [0.3, 0.4) is 0 Å².